The van der Waals surface area contributed by atoms with E-state index >= 15 is 0 Å². The van der Waals surface area contributed by atoms with Gasteiger partial charge in [0.15, 0.2) is 5.13 Å². The highest BCUT2D eigenvalue weighted by molar-refractivity contribution is 7.16. The molecule has 0 saturated heterocycles. The highest BCUT2D eigenvalue weighted by Crippen LogP contribution is 2.34. The second-order valence-electron chi connectivity index (χ2n) is 8.22. The van der Waals surface area contributed by atoms with Crippen molar-refractivity contribution in [1.82, 2.24) is 10.5 Å². The Morgan fingerprint density at radius 3 is 2.11 bits per heavy atom. The van der Waals surface area contributed by atoms with Crippen LogP contribution >= 0.6 is 11.3 Å². The van der Waals surface area contributed by atoms with Crippen molar-refractivity contribution in [2.24, 2.45) is 0 Å². The van der Waals surface area contributed by atoms with E-state index in [1.165, 1.54) is 4.88 Å². The number of aliphatic hydroxyl groups excluding tert-OH is 1. The molecule has 0 aliphatic carbocycles. The van der Waals surface area contributed by atoms with Crippen LogP contribution < -0.4 is 19.9 Å². The van der Waals surface area contributed by atoms with Crippen LogP contribution in [0.15, 0.2) is 48.5 Å². The SMILES string of the molecule is CCc1sc(N(CC)CCO)nc1-c1ccc(OCCCCCOc2ccc(C(=N)NO)cc2)cc1. The second-order valence-corrected chi connectivity index (χ2v) is 9.28. The number of benzene rings is 2. The van der Waals surface area contributed by atoms with Crippen LogP contribution in [0.2, 0.25) is 0 Å². The predicted octanol–water partition coefficient (Wildman–Crippen LogP) is 5.12. The van der Waals surface area contributed by atoms with Gasteiger partial charge in [-0.2, -0.15) is 0 Å². The molecular formula is C27H36N4O4S. The number of hydroxylamine groups is 1. The van der Waals surface area contributed by atoms with Gasteiger partial charge in [0.1, 0.15) is 17.3 Å². The Hall–Kier alpha value is -3.14. The molecule has 0 aliphatic rings. The fourth-order valence-electron chi connectivity index (χ4n) is 3.70. The minimum Gasteiger partial charge on any atom is -0.494 e. The lowest BCUT2D eigenvalue weighted by atomic mass is 10.1. The number of thiazole rings is 1. The Morgan fingerprint density at radius 2 is 1.58 bits per heavy atom. The molecule has 0 radical (unpaired) electrons. The predicted molar refractivity (Wildman–Crippen MR) is 145 cm³/mol. The zero-order valence-electron chi connectivity index (χ0n) is 21.0. The Balaban J connectivity index is 1.40. The number of hydrogen-bond acceptors (Lipinski definition) is 8. The molecule has 0 fully saturated rings. The lowest BCUT2D eigenvalue weighted by molar-refractivity contribution is 0.234. The first-order chi connectivity index (χ1) is 17.6. The third kappa shape index (κ3) is 7.68. The molecule has 3 rings (SSSR count). The maximum atomic E-state index is 9.32. The minimum atomic E-state index is -0.0447. The summed E-state index contributed by atoms with van der Waals surface area (Å²) in [6.45, 7) is 7.02. The van der Waals surface area contributed by atoms with Crippen LogP contribution in [0.25, 0.3) is 11.3 Å². The molecule has 2 aromatic carbocycles. The zero-order valence-corrected chi connectivity index (χ0v) is 21.8. The molecule has 8 nitrogen and oxygen atoms in total. The van der Waals surface area contributed by atoms with Crippen molar-refractivity contribution in [2.45, 2.75) is 39.5 Å². The van der Waals surface area contributed by atoms with Crippen molar-refractivity contribution in [3.8, 4) is 22.8 Å². The molecule has 0 saturated carbocycles. The smallest absolute Gasteiger partial charge is 0.186 e. The van der Waals surface area contributed by atoms with Crippen molar-refractivity contribution in [1.29, 1.82) is 5.41 Å². The van der Waals surface area contributed by atoms with Crippen LogP contribution in [-0.2, 0) is 6.42 Å². The number of aliphatic hydroxyl groups is 1. The summed E-state index contributed by atoms with van der Waals surface area (Å²) >= 11 is 1.70. The molecule has 194 valence electrons. The highest BCUT2D eigenvalue weighted by Gasteiger charge is 2.15. The molecule has 0 spiro atoms. The Bertz CT molecular complexity index is 1070. The highest BCUT2D eigenvalue weighted by atomic mass is 32.1. The molecular weight excluding hydrogens is 476 g/mol. The van der Waals surface area contributed by atoms with E-state index in [2.05, 4.69) is 30.9 Å². The zero-order chi connectivity index (χ0) is 25.8. The summed E-state index contributed by atoms with van der Waals surface area (Å²) in [6, 6.07) is 15.2. The molecule has 9 heteroatoms. The Kier molecular flexibility index (Phi) is 11.0. The molecule has 0 unspecified atom stereocenters. The van der Waals surface area contributed by atoms with Gasteiger partial charge in [-0.3, -0.25) is 16.1 Å². The molecule has 1 aromatic heterocycles. The molecule has 1 heterocycles. The summed E-state index contributed by atoms with van der Waals surface area (Å²) in [7, 11) is 0. The maximum absolute atomic E-state index is 9.32. The minimum absolute atomic E-state index is 0.0447. The topological polar surface area (TPSA) is 111 Å². The van der Waals surface area contributed by atoms with Crippen molar-refractivity contribution in [3.05, 3.63) is 59.0 Å². The van der Waals surface area contributed by atoms with E-state index in [0.717, 1.165) is 60.1 Å². The number of amidine groups is 1. The van der Waals surface area contributed by atoms with Crippen molar-refractivity contribution in [2.75, 3.05) is 37.8 Å². The summed E-state index contributed by atoms with van der Waals surface area (Å²) in [4.78, 5) is 8.22. The Morgan fingerprint density at radius 1 is 0.972 bits per heavy atom. The quantitative estimate of drug-likeness (QED) is 0.0968. The number of nitrogens with zero attached hydrogens (tertiary/aromatic N) is 2. The van der Waals surface area contributed by atoms with Gasteiger partial charge in [-0.05, 0) is 81.1 Å². The maximum Gasteiger partial charge on any atom is 0.186 e. The van der Waals surface area contributed by atoms with Crippen LogP contribution in [0.1, 0.15) is 43.6 Å². The summed E-state index contributed by atoms with van der Waals surface area (Å²) in [5.41, 5.74) is 4.52. The summed E-state index contributed by atoms with van der Waals surface area (Å²) in [5.74, 6) is 1.55. The van der Waals surface area contributed by atoms with Gasteiger partial charge >= 0.3 is 0 Å². The average Bonchev–Trinajstić information content (AvgIpc) is 3.35. The molecule has 0 atom stereocenters. The van der Waals surface area contributed by atoms with E-state index in [-0.39, 0.29) is 12.4 Å². The number of nitrogens with one attached hydrogen (secondary N) is 2. The van der Waals surface area contributed by atoms with Crippen LogP contribution in [0, 0.1) is 5.41 Å². The fraction of sp³-hybridized carbons (Fsp3) is 0.407. The standard InChI is InChI=1S/C27H36N4O4S/c1-3-24-25(29-27(36-24)31(4-2)16-17-32)20-8-12-22(13-9-20)34-18-6-5-7-19-35-23-14-10-21(11-15-23)26(28)30-33/h8-15,32-33H,3-7,16-19H2,1-2H3,(H2,28,30). The monoisotopic (exact) mass is 512 g/mol. The van der Waals surface area contributed by atoms with Crippen molar-refractivity contribution < 1.29 is 19.8 Å². The molecule has 4 N–H and O–H groups in total. The summed E-state index contributed by atoms with van der Waals surface area (Å²) < 4.78 is 11.7. The lowest BCUT2D eigenvalue weighted by Gasteiger charge is -2.17. The Labute approximate surface area is 217 Å². The van der Waals surface area contributed by atoms with Gasteiger partial charge in [0, 0.05) is 29.1 Å². The number of likely N-dealkylation sites (N-methyl/N-ethyl adjacent to an activating group) is 1. The van der Waals surface area contributed by atoms with E-state index < -0.39 is 0 Å². The molecule has 36 heavy (non-hydrogen) atoms. The number of unbranched alkanes of at least 4 members (excludes halogenated alkanes) is 2. The lowest BCUT2D eigenvalue weighted by Crippen LogP contribution is -2.25. The average molecular weight is 513 g/mol. The third-order valence-electron chi connectivity index (χ3n) is 5.74. The number of aryl methyl sites for hydroxylation is 1. The van der Waals surface area contributed by atoms with E-state index in [0.29, 0.717) is 25.3 Å². The van der Waals surface area contributed by atoms with Crippen molar-refractivity contribution in [3.63, 3.8) is 0 Å². The number of rotatable bonds is 15. The summed E-state index contributed by atoms with van der Waals surface area (Å²) in [6.07, 6.45) is 3.78. The molecule has 0 bridgehead atoms. The van der Waals surface area contributed by atoms with Crippen LogP contribution in [0.3, 0.4) is 0 Å². The third-order valence-corrected chi connectivity index (χ3v) is 7.00. The van der Waals surface area contributed by atoms with Crippen LogP contribution in [-0.4, -0.2) is 54.0 Å². The van der Waals surface area contributed by atoms with Crippen LogP contribution in [0.5, 0.6) is 11.5 Å². The number of ether oxygens (including phenoxy) is 2. The molecule has 3 aromatic rings. The molecule has 0 aliphatic heterocycles. The first-order valence-corrected chi connectivity index (χ1v) is 13.2. The van der Waals surface area contributed by atoms with Gasteiger partial charge in [-0.1, -0.05) is 6.92 Å². The first-order valence-electron chi connectivity index (χ1n) is 12.4. The van der Waals surface area contributed by atoms with Gasteiger partial charge in [-0.25, -0.2) is 4.98 Å². The van der Waals surface area contributed by atoms with E-state index in [1.807, 2.05) is 17.6 Å². The van der Waals surface area contributed by atoms with Gasteiger partial charge < -0.3 is 19.5 Å². The van der Waals surface area contributed by atoms with Gasteiger partial charge in [0.2, 0.25) is 0 Å². The first kappa shape index (κ1) is 27.4. The van der Waals surface area contributed by atoms with E-state index in [4.69, 9.17) is 25.1 Å². The fourth-order valence-corrected chi connectivity index (χ4v) is 4.81. The van der Waals surface area contributed by atoms with Gasteiger partial charge in [-0.15, -0.1) is 11.3 Å². The van der Waals surface area contributed by atoms with Gasteiger partial charge in [0.05, 0.1) is 25.5 Å². The summed E-state index contributed by atoms with van der Waals surface area (Å²) in [5, 5.41) is 26.6. The number of aromatic nitrogens is 1. The second kappa shape index (κ2) is 14.4. The van der Waals surface area contributed by atoms with Crippen LogP contribution in [0.4, 0.5) is 5.13 Å². The normalized spacial score (nSPS) is 10.8. The molecule has 0 amide bonds. The largest absolute Gasteiger partial charge is 0.494 e. The van der Waals surface area contributed by atoms with Gasteiger partial charge in [0.25, 0.3) is 0 Å². The van der Waals surface area contributed by atoms with Crippen molar-refractivity contribution >= 4 is 22.3 Å². The number of anilines is 1. The van der Waals surface area contributed by atoms with E-state index in [9.17, 15) is 5.11 Å². The number of hydrogen-bond donors (Lipinski definition) is 4. The van der Waals surface area contributed by atoms with E-state index in [1.54, 1.807) is 35.6 Å².